The summed E-state index contributed by atoms with van der Waals surface area (Å²) in [6.07, 6.45) is 5.82. The molecule has 1 aliphatic carbocycles. The Balaban J connectivity index is 2.65. The Hall–Kier alpha value is -0.0900. The third-order valence-electron chi connectivity index (χ3n) is 3.46. The molecular formula is C11H23NO2S. The monoisotopic (exact) mass is 233 g/mol. The van der Waals surface area contributed by atoms with Crippen molar-refractivity contribution in [1.82, 2.24) is 0 Å². The van der Waals surface area contributed by atoms with Crippen molar-refractivity contribution in [2.45, 2.75) is 50.7 Å². The maximum atomic E-state index is 12.1. The number of hydrogen-bond donors (Lipinski definition) is 1. The van der Waals surface area contributed by atoms with E-state index in [9.17, 15) is 8.42 Å². The van der Waals surface area contributed by atoms with Crippen LogP contribution in [-0.2, 0) is 9.84 Å². The maximum absolute atomic E-state index is 12.1. The molecule has 3 nitrogen and oxygen atoms in total. The predicted molar refractivity (Wildman–Crippen MR) is 63.5 cm³/mol. The third kappa shape index (κ3) is 3.45. The highest BCUT2D eigenvalue weighted by Gasteiger charge is 2.33. The first-order valence-corrected chi connectivity index (χ1v) is 7.75. The van der Waals surface area contributed by atoms with Crippen LogP contribution < -0.4 is 5.73 Å². The highest BCUT2D eigenvalue weighted by molar-refractivity contribution is 7.92. The van der Waals surface area contributed by atoms with Gasteiger partial charge < -0.3 is 5.73 Å². The fourth-order valence-electron chi connectivity index (χ4n) is 2.55. The Kier molecular flexibility index (Phi) is 5.06. The topological polar surface area (TPSA) is 60.2 Å². The molecule has 0 aromatic rings. The molecular weight excluding hydrogens is 210 g/mol. The van der Waals surface area contributed by atoms with Crippen molar-refractivity contribution in [2.75, 3.05) is 12.3 Å². The van der Waals surface area contributed by atoms with Crippen molar-refractivity contribution in [2.24, 2.45) is 11.7 Å². The normalized spacial score (nSPS) is 27.9. The van der Waals surface area contributed by atoms with Crippen LogP contribution in [0.2, 0.25) is 0 Å². The lowest BCUT2D eigenvalue weighted by molar-refractivity contribution is 0.347. The van der Waals surface area contributed by atoms with Crippen LogP contribution in [0.3, 0.4) is 0 Å². The van der Waals surface area contributed by atoms with Crippen LogP contribution in [0.5, 0.6) is 0 Å². The highest BCUT2D eigenvalue weighted by atomic mass is 32.2. The molecule has 0 aliphatic heterocycles. The second-order valence-electron chi connectivity index (χ2n) is 4.50. The summed E-state index contributed by atoms with van der Waals surface area (Å²) in [5, 5.41) is -0.0807. The first-order valence-electron chi connectivity index (χ1n) is 6.03. The zero-order valence-corrected chi connectivity index (χ0v) is 10.4. The summed E-state index contributed by atoms with van der Waals surface area (Å²) >= 11 is 0. The van der Waals surface area contributed by atoms with Gasteiger partial charge in [0.2, 0.25) is 0 Å². The van der Waals surface area contributed by atoms with Crippen molar-refractivity contribution in [3.05, 3.63) is 0 Å². The lowest BCUT2D eigenvalue weighted by Crippen LogP contribution is -2.34. The second-order valence-corrected chi connectivity index (χ2v) is 6.84. The van der Waals surface area contributed by atoms with Crippen molar-refractivity contribution in [1.29, 1.82) is 0 Å². The fraction of sp³-hybridized carbons (Fsp3) is 1.00. The summed E-state index contributed by atoms with van der Waals surface area (Å²) < 4.78 is 24.1. The molecule has 0 saturated heterocycles. The van der Waals surface area contributed by atoms with Crippen molar-refractivity contribution >= 4 is 9.84 Å². The summed E-state index contributed by atoms with van der Waals surface area (Å²) in [5.74, 6) is 0.673. The molecule has 0 heterocycles. The average Bonchev–Trinajstić information content (AvgIpc) is 2.26. The van der Waals surface area contributed by atoms with E-state index in [0.717, 1.165) is 25.7 Å². The smallest absolute Gasteiger partial charge is 0.153 e. The molecule has 0 bridgehead atoms. The minimum Gasteiger partial charge on any atom is -0.330 e. The summed E-state index contributed by atoms with van der Waals surface area (Å²) in [5.41, 5.74) is 5.37. The van der Waals surface area contributed by atoms with Crippen LogP contribution in [-0.4, -0.2) is 26.0 Å². The Morgan fingerprint density at radius 1 is 1.27 bits per heavy atom. The first-order chi connectivity index (χ1) is 7.11. The highest BCUT2D eigenvalue weighted by Crippen LogP contribution is 2.32. The molecule has 0 spiro atoms. The van der Waals surface area contributed by atoms with Gasteiger partial charge in [0.1, 0.15) is 0 Å². The van der Waals surface area contributed by atoms with E-state index in [4.69, 9.17) is 5.73 Å². The van der Waals surface area contributed by atoms with E-state index in [1.165, 1.54) is 6.42 Å². The van der Waals surface area contributed by atoms with Crippen LogP contribution in [0.15, 0.2) is 0 Å². The quantitative estimate of drug-likeness (QED) is 0.786. The van der Waals surface area contributed by atoms with Gasteiger partial charge in [-0.15, -0.1) is 0 Å². The van der Waals surface area contributed by atoms with Gasteiger partial charge in [-0.05, 0) is 31.7 Å². The van der Waals surface area contributed by atoms with E-state index in [-0.39, 0.29) is 11.0 Å². The lowest BCUT2D eigenvalue weighted by atomic mass is 9.87. The van der Waals surface area contributed by atoms with Gasteiger partial charge in [0.25, 0.3) is 0 Å². The molecule has 2 unspecified atom stereocenters. The molecule has 90 valence electrons. The van der Waals surface area contributed by atoms with Crippen LogP contribution in [0.4, 0.5) is 0 Å². The SMILES string of the molecule is CCC1CCCCC1S(=O)(=O)CCCN. The van der Waals surface area contributed by atoms with Crippen LogP contribution >= 0.6 is 0 Å². The zero-order chi connectivity index (χ0) is 11.3. The van der Waals surface area contributed by atoms with Gasteiger partial charge in [0.05, 0.1) is 11.0 Å². The van der Waals surface area contributed by atoms with Gasteiger partial charge in [-0.3, -0.25) is 0 Å². The minimum absolute atomic E-state index is 0.0807. The first kappa shape index (κ1) is 13.0. The van der Waals surface area contributed by atoms with Gasteiger partial charge >= 0.3 is 0 Å². The third-order valence-corrected chi connectivity index (χ3v) is 5.86. The predicted octanol–water partition coefficient (Wildman–Crippen LogP) is 1.72. The second kappa shape index (κ2) is 5.85. The minimum atomic E-state index is -2.89. The Bertz CT molecular complexity index is 274. The number of sulfone groups is 1. The van der Waals surface area contributed by atoms with E-state index < -0.39 is 9.84 Å². The Morgan fingerprint density at radius 3 is 2.53 bits per heavy atom. The molecule has 4 heteroatoms. The molecule has 15 heavy (non-hydrogen) atoms. The molecule has 0 amide bonds. The number of hydrogen-bond acceptors (Lipinski definition) is 3. The van der Waals surface area contributed by atoms with Crippen molar-refractivity contribution < 1.29 is 8.42 Å². The molecule has 2 N–H and O–H groups in total. The average molecular weight is 233 g/mol. The van der Waals surface area contributed by atoms with E-state index >= 15 is 0 Å². The Labute approximate surface area is 93.3 Å². The van der Waals surface area contributed by atoms with Crippen LogP contribution in [0.1, 0.15) is 45.4 Å². The molecule has 1 saturated carbocycles. The van der Waals surface area contributed by atoms with Crippen molar-refractivity contribution in [3.8, 4) is 0 Å². The van der Waals surface area contributed by atoms with Gasteiger partial charge in [-0.1, -0.05) is 26.2 Å². The molecule has 2 atom stereocenters. The Morgan fingerprint density at radius 2 is 1.93 bits per heavy atom. The van der Waals surface area contributed by atoms with E-state index in [0.29, 0.717) is 18.9 Å². The molecule has 0 radical (unpaired) electrons. The van der Waals surface area contributed by atoms with E-state index in [1.54, 1.807) is 0 Å². The van der Waals surface area contributed by atoms with Crippen molar-refractivity contribution in [3.63, 3.8) is 0 Å². The summed E-state index contributed by atoms with van der Waals surface area (Å²) in [7, 11) is -2.89. The van der Waals surface area contributed by atoms with E-state index in [1.807, 2.05) is 0 Å². The standard InChI is InChI=1S/C11H23NO2S/c1-2-10-6-3-4-7-11(10)15(13,14)9-5-8-12/h10-11H,2-9,12H2,1H3. The van der Waals surface area contributed by atoms with E-state index in [2.05, 4.69) is 6.92 Å². The zero-order valence-electron chi connectivity index (χ0n) is 9.61. The van der Waals surface area contributed by atoms with Gasteiger partial charge in [-0.2, -0.15) is 0 Å². The van der Waals surface area contributed by atoms with Crippen LogP contribution in [0.25, 0.3) is 0 Å². The summed E-state index contributed by atoms with van der Waals surface area (Å²) in [6, 6.07) is 0. The fourth-order valence-corrected chi connectivity index (χ4v) is 4.86. The van der Waals surface area contributed by atoms with Gasteiger partial charge in [0, 0.05) is 0 Å². The molecule has 0 aromatic carbocycles. The lowest BCUT2D eigenvalue weighted by Gasteiger charge is -2.30. The summed E-state index contributed by atoms with van der Waals surface area (Å²) in [6.45, 7) is 2.57. The van der Waals surface area contributed by atoms with Gasteiger partial charge in [0.15, 0.2) is 9.84 Å². The molecule has 1 aliphatic rings. The number of nitrogens with two attached hydrogens (primary N) is 1. The maximum Gasteiger partial charge on any atom is 0.153 e. The van der Waals surface area contributed by atoms with Gasteiger partial charge in [-0.25, -0.2) is 8.42 Å². The molecule has 0 aromatic heterocycles. The number of rotatable bonds is 5. The largest absolute Gasteiger partial charge is 0.330 e. The van der Waals surface area contributed by atoms with Crippen LogP contribution in [0, 0.1) is 5.92 Å². The molecule has 1 rings (SSSR count). The summed E-state index contributed by atoms with van der Waals surface area (Å²) in [4.78, 5) is 0. The molecule has 1 fully saturated rings.